The lowest BCUT2D eigenvalue weighted by Gasteiger charge is -2.26. The third kappa shape index (κ3) is 12.1. The van der Waals surface area contributed by atoms with Crippen molar-refractivity contribution in [3.63, 3.8) is 0 Å². The topological polar surface area (TPSA) is 240 Å². The minimum Gasteiger partial charge on any atom is -0.508 e. The molecule has 218 valence electrons. The SMILES string of the molecule is CCC(C)C(NC(=O)C(CCC(N)=O)NC(=O)C(CCCCN)NC(=O)C(N)Cc1ccc(O)cc1)C(=O)O. The lowest BCUT2D eigenvalue weighted by molar-refractivity contribution is -0.144. The van der Waals surface area contributed by atoms with E-state index in [0.717, 1.165) is 0 Å². The summed E-state index contributed by atoms with van der Waals surface area (Å²) in [6, 6.07) is 1.65. The summed E-state index contributed by atoms with van der Waals surface area (Å²) in [6.45, 7) is 3.82. The summed E-state index contributed by atoms with van der Waals surface area (Å²) in [6.07, 6.45) is 1.52. The van der Waals surface area contributed by atoms with Crippen LogP contribution >= 0.6 is 0 Å². The number of carbonyl (C=O) groups is 5. The molecule has 0 aliphatic heterocycles. The second kappa shape index (κ2) is 17.0. The summed E-state index contributed by atoms with van der Waals surface area (Å²) >= 11 is 0. The number of benzene rings is 1. The molecule has 0 bridgehead atoms. The van der Waals surface area contributed by atoms with Gasteiger partial charge in [0.1, 0.15) is 23.9 Å². The van der Waals surface area contributed by atoms with E-state index in [1.807, 2.05) is 0 Å². The van der Waals surface area contributed by atoms with Crippen LogP contribution in [0.5, 0.6) is 5.75 Å². The standard InChI is InChI=1S/C26H42N6O7/c1-3-15(2)22(26(38)39)32-25(37)20(11-12-21(29)34)31-24(36)19(6-4-5-13-27)30-23(35)18(28)14-16-7-9-17(33)10-8-16/h7-10,15,18-20,22,33H,3-6,11-14,27-28H2,1-2H3,(H2,29,34)(H,30,35)(H,31,36)(H,32,37)(H,38,39). The lowest BCUT2D eigenvalue weighted by Crippen LogP contribution is -2.58. The lowest BCUT2D eigenvalue weighted by atomic mass is 9.98. The van der Waals surface area contributed by atoms with Gasteiger partial charge in [0, 0.05) is 6.42 Å². The first-order valence-electron chi connectivity index (χ1n) is 13.0. The van der Waals surface area contributed by atoms with Gasteiger partial charge in [-0.2, -0.15) is 0 Å². The number of aromatic hydroxyl groups is 1. The molecular formula is C26H42N6O7. The highest BCUT2D eigenvalue weighted by molar-refractivity contribution is 5.94. The number of nitrogens with one attached hydrogen (secondary N) is 3. The van der Waals surface area contributed by atoms with E-state index in [9.17, 15) is 34.2 Å². The maximum Gasteiger partial charge on any atom is 0.326 e. The normalized spacial score (nSPS) is 14.8. The number of amides is 4. The zero-order valence-electron chi connectivity index (χ0n) is 22.5. The van der Waals surface area contributed by atoms with Crippen LogP contribution in [0.15, 0.2) is 24.3 Å². The summed E-state index contributed by atoms with van der Waals surface area (Å²) in [5.41, 5.74) is 17.5. The van der Waals surface area contributed by atoms with E-state index in [0.29, 0.717) is 31.4 Å². The van der Waals surface area contributed by atoms with Gasteiger partial charge in [-0.1, -0.05) is 32.4 Å². The maximum atomic E-state index is 13.2. The Labute approximate surface area is 228 Å². The molecule has 0 spiro atoms. The molecule has 4 amide bonds. The number of hydrogen-bond acceptors (Lipinski definition) is 8. The molecule has 0 heterocycles. The Kier molecular flexibility index (Phi) is 14.5. The predicted octanol–water partition coefficient (Wildman–Crippen LogP) is -0.758. The number of unbranched alkanes of at least 4 members (excludes halogenated alkanes) is 1. The Bertz CT molecular complexity index is 972. The number of carboxylic acids is 1. The van der Waals surface area contributed by atoms with Gasteiger partial charge >= 0.3 is 5.97 Å². The van der Waals surface area contributed by atoms with Crippen molar-refractivity contribution in [1.29, 1.82) is 0 Å². The van der Waals surface area contributed by atoms with Crippen molar-refractivity contribution in [1.82, 2.24) is 16.0 Å². The van der Waals surface area contributed by atoms with Gasteiger partial charge in [0.05, 0.1) is 6.04 Å². The number of carboxylic acid groups (broad SMARTS) is 1. The summed E-state index contributed by atoms with van der Waals surface area (Å²) < 4.78 is 0. The van der Waals surface area contributed by atoms with Crippen LogP contribution in [-0.2, 0) is 30.4 Å². The smallest absolute Gasteiger partial charge is 0.326 e. The first kappa shape index (κ1) is 33.3. The predicted molar refractivity (Wildman–Crippen MR) is 144 cm³/mol. The van der Waals surface area contributed by atoms with E-state index in [1.165, 1.54) is 12.1 Å². The van der Waals surface area contributed by atoms with Crippen molar-refractivity contribution >= 4 is 29.6 Å². The largest absolute Gasteiger partial charge is 0.508 e. The van der Waals surface area contributed by atoms with Gasteiger partial charge in [-0.05, 0) is 62.3 Å². The van der Waals surface area contributed by atoms with Gasteiger partial charge < -0.3 is 43.4 Å². The van der Waals surface area contributed by atoms with Crippen LogP contribution in [-0.4, -0.2) is 70.5 Å². The molecule has 0 aliphatic rings. The number of phenolic OH excluding ortho intramolecular Hbond substituents is 1. The van der Waals surface area contributed by atoms with Crippen LogP contribution in [0.3, 0.4) is 0 Å². The van der Waals surface area contributed by atoms with Gasteiger partial charge in [0.25, 0.3) is 0 Å². The molecule has 0 saturated carbocycles. The number of nitrogens with two attached hydrogens (primary N) is 3. The van der Waals surface area contributed by atoms with Crippen molar-refractivity contribution < 1.29 is 34.2 Å². The highest BCUT2D eigenvalue weighted by atomic mass is 16.4. The highest BCUT2D eigenvalue weighted by Crippen LogP contribution is 2.12. The highest BCUT2D eigenvalue weighted by Gasteiger charge is 2.32. The third-order valence-electron chi connectivity index (χ3n) is 6.40. The van der Waals surface area contributed by atoms with E-state index < -0.39 is 59.7 Å². The summed E-state index contributed by atoms with van der Waals surface area (Å²) in [5.74, 6) is -4.33. The Morgan fingerprint density at radius 2 is 1.46 bits per heavy atom. The number of rotatable bonds is 18. The molecule has 5 unspecified atom stereocenters. The first-order valence-corrected chi connectivity index (χ1v) is 13.0. The average Bonchev–Trinajstić information content (AvgIpc) is 2.89. The van der Waals surface area contributed by atoms with Gasteiger partial charge in [-0.25, -0.2) is 4.79 Å². The number of primary amides is 1. The number of hydrogen-bond donors (Lipinski definition) is 8. The minimum atomic E-state index is -1.27. The fraction of sp³-hybridized carbons (Fsp3) is 0.577. The first-order chi connectivity index (χ1) is 18.4. The molecule has 0 aliphatic carbocycles. The molecule has 13 nitrogen and oxygen atoms in total. The molecule has 11 N–H and O–H groups in total. The Balaban J connectivity index is 3.03. The average molecular weight is 551 g/mol. The van der Waals surface area contributed by atoms with Crippen molar-refractivity contribution in [3.05, 3.63) is 29.8 Å². The van der Waals surface area contributed by atoms with Crippen molar-refractivity contribution in [2.45, 2.75) is 83.0 Å². The molecule has 0 saturated heterocycles. The third-order valence-corrected chi connectivity index (χ3v) is 6.40. The molecule has 0 aromatic heterocycles. The molecule has 39 heavy (non-hydrogen) atoms. The molecule has 1 rings (SSSR count). The number of phenols is 1. The quantitative estimate of drug-likeness (QED) is 0.107. The molecule has 1 aromatic carbocycles. The Hall–Kier alpha value is -3.71. The van der Waals surface area contributed by atoms with Crippen molar-refractivity contribution in [2.24, 2.45) is 23.1 Å². The van der Waals surface area contributed by atoms with Gasteiger partial charge in [0.15, 0.2) is 0 Å². The van der Waals surface area contributed by atoms with Crippen LogP contribution < -0.4 is 33.2 Å². The number of aliphatic carboxylic acids is 1. The van der Waals surface area contributed by atoms with Gasteiger partial charge in [-0.15, -0.1) is 0 Å². The van der Waals surface area contributed by atoms with Gasteiger partial charge in [0.2, 0.25) is 23.6 Å². The van der Waals surface area contributed by atoms with Crippen LogP contribution in [0.2, 0.25) is 0 Å². The van der Waals surface area contributed by atoms with E-state index in [2.05, 4.69) is 16.0 Å². The Morgan fingerprint density at radius 1 is 0.897 bits per heavy atom. The van der Waals surface area contributed by atoms with Crippen molar-refractivity contribution in [3.8, 4) is 5.75 Å². The van der Waals surface area contributed by atoms with Gasteiger partial charge in [-0.3, -0.25) is 19.2 Å². The molecule has 13 heteroatoms. The molecule has 0 radical (unpaired) electrons. The van der Waals surface area contributed by atoms with E-state index >= 15 is 0 Å². The summed E-state index contributed by atoms with van der Waals surface area (Å²) in [5, 5.41) is 26.5. The van der Waals surface area contributed by atoms with E-state index in [1.54, 1.807) is 26.0 Å². The summed E-state index contributed by atoms with van der Waals surface area (Å²) in [7, 11) is 0. The van der Waals surface area contributed by atoms with Crippen LogP contribution in [0.1, 0.15) is 57.9 Å². The van der Waals surface area contributed by atoms with E-state index in [4.69, 9.17) is 17.2 Å². The van der Waals surface area contributed by atoms with Crippen LogP contribution in [0.25, 0.3) is 0 Å². The Morgan fingerprint density at radius 3 is 2.00 bits per heavy atom. The monoisotopic (exact) mass is 550 g/mol. The van der Waals surface area contributed by atoms with Crippen LogP contribution in [0, 0.1) is 5.92 Å². The van der Waals surface area contributed by atoms with Crippen molar-refractivity contribution in [2.75, 3.05) is 6.54 Å². The maximum absolute atomic E-state index is 13.2. The zero-order chi connectivity index (χ0) is 29.5. The second-order valence-electron chi connectivity index (χ2n) is 9.60. The molecular weight excluding hydrogens is 508 g/mol. The fourth-order valence-electron chi connectivity index (χ4n) is 3.78. The van der Waals surface area contributed by atoms with E-state index in [-0.39, 0.29) is 31.4 Å². The van der Waals surface area contributed by atoms with Crippen LogP contribution in [0.4, 0.5) is 0 Å². The second-order valence-corrected chi connectivity index (χ2v) is 9.60. The molecule has 5 atom stereocenters. The molecule has 1 aromatic rings. The molecule has 0 fully saturated rings. The number of carbonyl (C=O) groups excluding carboxylic acids is 4. The zero-order valence-corrected chi connectivity index (χ0v) is 22.5. The fourth-order valence-corrected chi connectivity index (χ4v) is 3.78. The minimum absolute atomic E-state index is 0.0714. The summed E-state index contributed by atoms with van der Waals surface area (Å²) in [4.78, 5) is 62.1.